The first-order chi connectivity index (χ1) is 8.74. The molecule has 0 aliphatic heterocycles. The van der Waals surface area contributed by atoms with Gasteiger partial charge in [-0.1, -0.05) is 30.3 Å². The lowest BCUT2D eigenvalue weighted by atomic mass is 10.0. The van der Waals surface area contributed by atoms with Gasteiger partial charge >= 0.3 is 0 Å². The number of aromatic nitrogens is 2. The van der Waals surface area contributed by atoms with Crippen molar-refractivity contribution in [3.63, 3.8) is 0 Å². The fraction of sp³-hybridized carbons (Fsp3) is 0.400. The molecule has 1 aromatic carbocycles. The third-order valence-corrected chi connectivity index (χ3v) is 3.83. The molecule has 0 saturated heterocycles. The maximum Gasteiger partial charge on any atom is 0.0640 e. The molecule has 2 N–H and O–H groups in total. The fourth-order valence-electron chi connectivity index (χ4n) is 2.74. The number of hydrogen-bond donors (Lipinski definition) is 1. The van der Waals surface area contributed by atoms with E-state index < -0.39 is 0 Å². The molecule has 1 heterocycles. The van der Waals surface area contributed by atoms with E-state index >= 15 is 0 Å². The highest BCUT2D eigenvalue weighted by Crippen LogP contribution is 2.49. The van der Waals surface area contributed by atoms with Crippen molar-refractivity contribution >= 4 is 0 Å². The second-order valence-electron chi connectivity index (χ2n) is 5.27. The minimum Gasteiger partial charge on any atom is -0.327 e. The van der Waals surface area contributed by atoms with Crippen LogP contribution in [-0.4, -0.2) is 15.8 Å². The standard InChI is InChI=1S/C15H19N3/c1-18-8-7-12(17-18)9-15(16)14-10-13(14)11-5-3-2-4-6-11/h2-8,13-15H,9-10,16H2,1H3. The maximum atomic E-state index is 6.30. The van der Waals surface area contributed by atoms with E-state index in [9.17, 15) is 0 Å². The van der Waals surface area contributed by atoms with Gasteiger partial charge in [0.05, 0.1) is 5.69 Å². The molecular weight excluding hydrogens is 222 g/mol. The van der Waals surface area contributed by atoms with Gasteiger partial charge in [-0.3, -0.25) is 4.68 Å². The minimum atomic E-state index is 0.227. The molecule has 0 radical (unpaired) electrons. The van der Waals surface area contributed by atoms with Crippen molar-refractivity contribution in [2.24, 2.45) is 18.7 Å². The van der Waals surface area contributed by atoms with Crippen LogP contribution in [0.5, 0.6) is 0 Å². The summed E-state index contributed by atoms with van der Waals surface area (Å²) in [5.41, 5.74) is 8.83. The number of nitrogens with two attached hydrogens (primary N) is 1. The average molecular weight is 241 g/mol. The van der Waals surface area contributed by atoms with Crippen LogP contribution in [0.15, 0.2) is 42.6 Å². The molecule has 3 heteroatoms. The Morgan fingerprint density at radius 3 is 2.78 bits per heavy atom. The van der Waals surface area contributed by atoms with E-state index in [-0.39, 0.29) is 6.04 Å². The van der Waals surface area contributed by atoms with Gasteiger partial charge in [0.25, 0.3) is 0 Å². The van der Waals surface area contributed by atoms with Crippen LogP contribution < -0.4 is 5.73 Å². The monoisotopic (exact) mass is 241 g/mol. The molecule has 2 aromatic rings. The van der Waals surface area contributed by atoms with E-state index in [4.69, 9.17) is 5.73 Å². The van der Waals surface area contributed by atoms with Crippen LogP contribution in [0.2, 0.25) is 0 Å². The first-order valence-corrected chi connectivity index (χ1v) is 6.53. The predicted octanol–water partition coefficient (Wildman–Crippen LogP) is 2.09. The van der Waals surface area contributed by atoms with E-state index in [1.165, 1.54) is 12.0 Å². The van der Waals surface area contributed by atoms with Crippen molar-refractivity contribution < 1.29 is 0 Å². The number of rotatable bonds is 4. The Bertz CT molecular complexity index is 518. The molecule has 18 heavy (non-hydrogen) atoms. The molecular formula is C15H19N3. The summed E-state index contributed by atoms with van der Waals surface area (Å²) < 4.78 is 1.84. The zero-order valence-electron chi connectivity index (χ0n) is 10.7. The van der Waals surface area contributed by atoms with Crippen molar-refractivity contribution in [2.75, 3.05) is 0 Å². The predicted molar refractivity (Wildman–Crippen MR) is 72.2 cm³/mol. The van der Waals surface area contributed by atoms with Gasteiger partial charge in [-0.05, 0) is 29.9 Å². The Hall–Kier alpha value is -1.61. The summed E-state index contributed by atoms with van der Waals surface area (Å²) in [7, 11) is 1.94. The van der Waals surface area contributed by atoms with Gasteiger partial charge in [-0.25, -0.2) is 0 Å². The average Bonchev–Trinajstić information content (AvgIpc) is 3.09. The molecule has 1 aliphatic carbocycles. The van der Waals surface area contributed by atoms with Crippen LogP contribution in [0.25, 0.3) is 0 Å². The highest BCUT2D eigenvalue weighted by molar-refractivity contribution is 5.27. The van der Waals surface area contributed by atoms with Crippen molar-refractivity contribution in [1.82, 2.24) is 9.78 Å². The summed E-state index contributed by atoms with van der Waals surface area (Å²) in [6.45, 7) is 0. The number of nitrogens with zero attached hydrogens (tertiary/aromatic N) is 2. The van der Waals surface area contributed by atoms with E-state index in [2.05, 4.69) is 41.5 Å². The van der Waals surface area contributed by atoms with Crippen LogP contribution in [0.4, 0.5) is 0 Å². The lowest BCUT2D eigenvalue weighted by Gasteiger charge is -2.09. The normalized spacial score (nSPS) is 23.9. The van der Waals surface area contributed by atoms with E-state index in [1.54, 1.807) is 0 Å². The van der Waals surface area contributed by atoms with Gasteiger partial charge in [0.1, 0.15) is 0 Å². The summed E-state index contributed by atoms with van der Waals surface area (Å²) in [6, 6.07) is 13.0. The highest BCUT2D eigenvalue weighted by atomic mass is 15.2. The first kappa shape index (κ1) is 11.5. The third kappa shape index (κ3) is 2.31. The summed E-state index contributed by atoms with van der Waals surface area (Å²) in [6.07, 6.45) is 4.08. The smallest absolute Gasteiger partial charge is 0.0640 e. The topological polar surface area (TPSA) is 43.8 Å². The van der Waals surface area contributed by atoms with Gasteiger partial charge < -0.3 is 5.73 Å². The fourth-order valence-corrected chi connectivity index (χ4v) is 2.74. The summed E-state index contributed by atoms with van der Waals surface area (Å²) >= 11 is 0. The molecule has 0 spiro atoms. The quantitative estimate of drug-likeness (QED) is 0.890. The number of aryl methyl sites for hydroxylation is 1. The Labute approximate surface area is 108 Å². The van der Waals surface area contributed by atoms with Crippen LogP contribution in [-0.2, 0) is 13.5 Å². The van der Waals surface area contributed by atoms with Crippen molar-refractivity contribution in [3.8, 4) is 0 Å². The van der Waals surface area contributed by atoms with Gasteiger partial charge in [0.15, 0.2) is 0 Å². The SMILES string of the molecule is Cn1ccc(CC(N)C2CC2c2ccccc2)n1. The van der Waals surface area contributed by atoms with E-state index in [1.807, 2.05) is 17.9 Å². The molecule has 1 aliphatic rings. The molecule has 1 fully saturated rings. The lowest BCUT2D eigenvalue weighted by molar-refractivity contribution is 0.565. The number of benzene rings is 1. The van der Waals surface area contributed by atoms with E-state index in [0.29, 0.717) is 11.8 Å². The van der Waals surface area contributed by atoms with Gasteiger partial charge in [-0.2, -0.15) is 5.10 Å². The van der Waals surface area contributed by atoms with Crippen LogP contribution in [0, 0.1) is 5.92 Å². The molecule has 0 bridgehead atoms. The first-order valence-electron chi connectivity index (χ1n) is 6.53. The zero-order chi connectivity index (χ0) is 12.5. The molecule has 94 valence electrons. The molecule has 3 rings (SSSR count). The Kier molecular flexibility index (Phi) is 2.92. The Balaban J connectivity index is 1.61. The van der Waals surface area contributed by atoms with E-state index in [0.717, 1.165) is 12.1 Å². The largest absolute Gasteiger partial charge is 0.327 e. The van der Waals surface area contributed by atoms with Crippen LogP contribution >= 0.6 is 0 Å². The molecule has 3 unspecified atom stereocenters. The zero-order valence-corrected chi connectivity index (χ0v) is 10.7. The Morgan fingerprint density at radius 2 is 2.11 bits per heavy atom. The maximum absolute atomic E-state index is 6.30. The third-order valence-electron chi connectivity index (χ3n) is 3.83. The van der Waals surface area contributed by atoms with Crippen LogP contribution in [0.1, 0.15) is 23.6 Å². The Morgan fingerprint density at radius 1 is 1.33 bits per heavy atom. The molecule has 1 aromatic heterocycles. The summed E-state index contributed by atoms with van der Waals surface area (Å²) in [5.74, 6) is 1.28. The summed E-state index contributed by atoms with van der Waals surface area (Å²) in [4.78, 5) is 0. The van der Waals surface area contributed by atoms with Gasteiger partial charge in [-0.15, -0.1) is 0 Å². The summed E-state index contributed by atoms with van der Waals surface area (Å²) in [5, 5.41) is 4.40. The van der Waals surface area contributed by atoms with Crippen LogP contribution in [0.3, 0.4) is 0 Å². The highest BCUT2D eigenvalue weighted by Gasteiger charge is 2.42. The molecule has 3 nitrogen and oxygen atoms in total. The molecule has 1 saturated carbocycles. The van der Waals surface area contributed by atoms with Crippen molar-refractivity contribution in [2.45, 2.75) is 24.8 Å². The van der Waals surface area contributed by atoms with Crippen molar-refractivity contribution in [3.05, 3.63) is 53.9 Å². The number of hydrogen-bond acceptors (Lipinski definition) is 2. The van der Waals surface area contributed by atoms with Gasteiger partial charge in [0, 0.05) is 25.7 Å². The lowest BCUT2D eigenvalue weighted by Crippen LogP contribution is -2.26. The molecule has 3 atom stereocenters. The molecule has 0 amide bonds. The van der Waals surface area contributed by atoms with Gasteiger partial charge in [0.2, 0.25) is 0 Å². The second-order valence-corrected chi connectivity index (χ2v) is 5.27. The minimum absolute atomic E-state index is 0.227. The van der Waals surface area contributed by atoms with Crippen molar-refractivity contribution in [1.29, 1.82) is 0 Å². The second kappa shape index (κ2) is 4.58.